The Morgan fingerprint density at radius 1 is 1.25 bits per heavy atom. The monoisotopic (exact) mass is 243 g/mol. The van der Waals surface area contributed by atoms with Crippen LogP contribution < -0.4 is 0 Å². The molecule has 0 spiro atoms. The highest BCUT2D eigenvalue weighted by Gasteiger charge is 2.37. The van der Waals surface area contributed by atoms with Crippen LogP contribution in [0.2, 0.25) is 0 Å². The molecule has 0 aromatic carbocycles. The second-order valence-corrected chi connectivity index (χ2v) is 5.86. The van der Waals surface area contributed by atoms with Crippen LogP contribution in [0.4, 0.5) is 0 Å². The molecule has 2 rings (SSSR count). The number of thioether (sulfide) groups is 1. The number of morpholine rings is 1. The number of hydrogen-bond donors (Lipinski definition) is 0. The summed E-state index contributed by atoms with van der Waals surface area (Å²) in [6.07, 6.45) is 7.01. The third kappa shape index (κ3) is 2.58. The van der Waals surface area contributed by atoms with E-state index in [1.807, 2.05) is 16.7 Å². The first-order valence-electron chi connectivity index (χ1n) is 5.65. The lowest BCUT2D eigenvalue weighted by Crippen LogP contribution is -2.48. The van der Waals surface area contributed by atoms with E-state index < -0.39 is 11.9 Å². The van der Waals surface area contributed by atoms with Crippen molar-refractivity contribution in [2.45, 2.75) is 30.4 Å². The van der Waals surface area contributed by atoms with Crippen LogP contribution in [0.1, 0.15) is 25.7 Å². The number of rotatable bonds is 3. The van der Waals surface area contributed by atoms with Gasteiger partial charge in [-0.1, -0.05) is 12.8 Å². The van der Waals surface area contributed by atoms with E-state index in [0.717, 1.165) is 6.54 Å². The van der Waals surface area contributed by atoms with Crippen molar-refractivity contribution >= 4 is 23.7 Å². The van der Waals surface area contributed by atoms with Gasteiger partial charge in [0.25, 0.3) is 0 Å². The third-order valence-electron chi connectivity index (χ3n) is 3.39. The lowest BCUT2D eigenvalue weighted by molar-refractivity contribution is -0.166. The first-order chi connectivity index (χ1) is 7.63. The lowest BCUT2D eigenvalue weighted by Gasteiger charge is -2.34. The van der Waals surface area contributed by atoms with Gasteiger partial charge in [-0.05, 0) is 19.1 Å². The number of esters is 2. The molecule has 0 N–H and O–H groups in total. The molecular formula is C11H17NO3S. The van der Waals surface area contributed by atoms with E-state index in [0.29, 0.717) is 0 Å². The second-order valence-electron chi connectivity index (χ2n) is 4.59. The van der Waals surface area contributed by atoms with Gasteiger partial charge >= 0.3 is 11.9 Å². The molecular weight excluding hydrogens is 226 g/mol. The number of carbonyl (C=O) groups excluding carboxylic acids is 2. The maximum Gasteiger partial charge on any atom is 0.327 e. The fourth-order valence-electron chi connectivity index (χ4n) is 2.58. The molecule has 1 heterocycles. The van der Waals surface area contributed by atoms with E-state index in [-0.39, 0.29) is 17.8 Å². The molecule has 0 aromatic heterocycles. The van der Waals surface area contributed by atoms with Gasteiger partial charge in [-0.25, -0.2) is 0 Å². The Morgan fingerprint density at radius 3 is 2.31 bits per heavy atom. The van der Waals surface area contributed by atoms with Crippen LogP contribution in [-0.2, 0) is 14.3 Å². The summed E-state index contributed by atoms with van der Waals surface area (Å²) in [5, 5.41) is 0. The molecule has 0 unspecified atom stereocenters. The van der Waals surface area contributed by atoms with E-state index in [1.165, 1.54) is 25.7 Å². The van der Waals surface area contributed by atoms with Crippen LogP contribution in [0.5, 0.6) is 0 Å². The molecule has 1 aliphatic heterocycles. The summed E-state index contributed by atoms with van der Waals surface area (Å²) in [7, 11) is 0. The smallest absolute Gasteiger partial charge is 0.327 e. The molecule has 0 radical (unpaired) electrons. The summed E-state index contributed by atoms with van der Waals surface area (Å²) < 4.78 is 4.77. The Morgan fingerprint density at radius 2 is 1.81 bits per heavy atom. The van der Waals surface area contributed by atoms with Crippen molar-refractivity contribution in [3.05, 3.63) is 0 Å². The van der Waals surface area contributed by atoms with Crippen LogP contribution in [0.25, 0.3) is 0 Å². The Balaban J connectivity index is 1.97. The minimum Gasteiger partial charge on any atom is -0.391 e. The van der Waals surface area contributed by atoms with E-state index in [2.05, 4.69) is 11.0 Å². The Hall–Kier alpha value is -0.550. The lowest BCUT2D eigenvalue weighted by atomic mass is 10.1. The van der Waals surface area contributed by atoms with Crippen molar-refractivity contribution in [2.24, 2.45) is 0 Å². The zero-order valence-corrected chi connectivity index (χ0v) is 10.3. The molecule has 5 heteroatoms. The van der Waals surface area contributed by atoms with Crippen LogP contribution in [0.15, 0.2) is 0 Å². The van der Waals surface area contributed by atoms with Gasteiger partial charge in [0, 0.05) is 11.3 Å². The Labute approximate surface area is 99.7 Å². The van der Waals surface area contributed by atoms with Gasteiger partial charge in [0.05, 0.1) is 13.1 Å². The van der Waals surface area contributed by atoms with Gasteiger partial charge in [0.1, 0.15) is 0 Å². The average Bonchev–Trinajstić information content (AvgIpc) is 2.65. The summed E-state index contributed by atoms with van der Waals surface area (Å²) >= 11 is 1.87. The van der Waals surface area contributed by atoms with Gasteiger partial charge in [-0.2, -0.15) is 11.8 Å². The predicted octanol–water partition coefficient (Wildman–Crippen LogP) is 1.05. The molecule has 2 aliphatic rings. The van der Waals surface area contributed by atoms with E-state index in [1.54, 1.807) is 0 Å². The number of ether oxygens (including phenoxy) is 1. The molecule has 4 nitrogen and oxygen atoms in total. The Bertz CT molecular complexity index is 284. The first-order valence-corrected chi connectivity index (χ1v) is 6.87. The van der Waals surface area contributed by atoms with Crippen molar-refractivity contribution in [1.82, 2.24) is 4.90 Å². The van der Waals surface area contributed by atoms with E-state index in [9.17, 15) is 9.59 Å². The van der Waals surface area contributed by atoms with Gasteiger partial charge in [-0.15, -0.1) is 0 Å². The van der Waals surface area contributed by atoms with Crippen molar-refractivity contribution < 1.29 is 14.3 Å². The Kier molecular flexibility index (Phi) is 3.54. The van der Waals surface area contributed by atoms with Crippen LogP contribution in [-0.4, -0.2) is 47.5 Å². The fraction of sp³-hybridized carbons (Fsp3) is 0.818. The number of hydrogen-bond acceptors (Lipinski definition) is 5. The van der Waals surface area contributed by atoms with Crippen molar-refractivity contribution in [3.63, 3.8) is 0 Å². The minimum absolute atomic E-state index is 0.248. The van der Waals surface area contributed by atoms with Gasteiger partial charge in [0.15, 0.2) is 0 Å². The molecule has 1 aliphatic carbocycles. The second kappa shape index (κ2) is 4.75. The summed E-state index contributed by atoms with van der Waals surface area (Å²) in [5.74, 6) is -0.823. The molecule has 16 heavy (non-hydrogen) atoms. The van der Waals surface area contributed by atoms with Crippen molar-refractivity contribution in [3.8, 4) is 0 Å². The highest BCUT2D eigenvalue weighted by molar-refractivity contribution is 8.00. The molecule has 0 atom stereocenters. The SMILES string of the molecule is CSC1(CN2CC(=O)OC(=O)C2)CCCC1. The van der Waals surface area contributed by atoms with Crippen LogP contribution in [0, 0.1) is 0 Å². The highest BCUT2D eigenvalue weighted by atomic mass is 32.2. The normalized spacial score (nSPS) is 25.8. The zero-order chi connectivity index (χ0) is 11.6. The summed E-state index contributed by atoms with van der Waals surface area (Å²) in [5.41, 5.74) is 0. The van der Waals surface area contributed by atoms with Crippen molar-refractivity contribution in [1.29, 1.82) is 0 Å². The molecule has 1 saturated heterocycles. The van der Waals surface area contributed by atoms with Crippen molar-refractivity contribution in [2.75, 3.05) is 25.9 Å². The number of nitrogens with zero attached hydrogens (tertiary/aromatic N) is 1. The molecule has 0 aromatic rings. The average molecular weight is 243 g/mol. The van der Waals surface area contributed by atoms with Gasteiger partial charge < -0.3 is 4.74 Å². The van der Waals surface area contributed by atoms with E-state index in [4.69, 9.17) is 0 Å². The maximum atomic E-state index is 11.2. The quantitative estimate of drug-likeness (QED) is 0.547. The van der Waals surface area contributed by atoms with E-state index >= 15 is 0 Å². The number of cyclic esters (lactones) is 2. The summed E-state index contributed by atoms with van der Waals surface area (Å²) in [4.78, 5) is 24.2. The minimum atomic E-state index is -0.412. The molecule has 90 valence electrons. The van der Waals surface area contributed by atoms with Gasteiger partial charge in [0.2, 0.25) is 0 Å². The molecule has 2 fully saturated rings. The largest absolute Gasteiger partial charge is 0.391 e. The topological polar surface area (TPSA) is 46.6 Å². The van der Waals surface area contributed by atoms with Crippen LogP contribution in [0.3, 0.4) is 0 Å². The first kappa shape index (κ1) is 11.9. The highest BCUT2D eigenvalue weighted by Crippen LogP contribution is 2.40. The summed E-state index contributed by atoms with van der Waals surface area (Å²) in [6, 6.07) is 0. The molecule has 0 bridgehead atoms. The maximum absolute atomic E-state index is 11.2. The molecule has 1 saturated carbocycles. The summed E-state index contributed by atoms with van der Waals surface area (Å²) in [6.45, 7) is 1.34. The van der Waals surface area contributed by atoms with Crippen LogP contribution >= 0.6 is 11.8 Å². The standard InChI is InChI=1S/C11H17NO3S/c1-16-11(4-2-3-5-11)8-12-6-9(13)15-10(14)7-12/h2-8H2,1H3. The third-order valence-corrected chi connectivity index (χ3v) is 4.80. The molecule has 0 amide bonds. The fourth-order valence-corrected chi connectivity index (χ4v) is 3.59. The predicted molar refractivity (Wildman–Crippen MR) is 62.3 cm³/mol. The zero-order valence-electron chi connectivity index (χ0n) is 9.53. The number of carbonyl (C=O) groups is 2. The van der Waals surface area contributed by atoms with Gasteiger partial charge in [-0.3, -0.25) is 14.5 Å².